The zero-order valence-electron chi connectivity index (χ0n) is 8.99. The molecule has 0 aliphatic carbocycles. The van der Waals surface area contributed by atoms with Crippen LogP contribution >= 0.6 is 0 Å². The van der Waals surface area contributed by atoms with Gasteiger partial charge in [-0.05, 0) is 12.3 Å². The Balaban J connectivity index is 4.02. The van der Waals surface area contributed by atoms with Gasteiger partial charge in [-0.1, -0.05) is 39.5 Å². The maximum Gasteiger partial charge on any atom is 0.320 e. The van der Waals surface area contributed by atoms with E-state index in [1.165, 1.54) is 0 Å². The van der Waals surface area contributed by atoms with Gasteiger partial charge in [-0.25, -0.2) is 0 Å². The van der Waals surface area contributed by atoms with Crippen molar-refractivity contribution in [1.29, 1.82) is 5.26 Å². The first-order valence-corrected chi connectivity index (χ1v) is 5.28. The predicted molar refractivity (Wildman–Crippen MR) is 54.7 cm³/mol. The number of carbonyl (C=O) groups is 1. The second-order valence-electron chi connectivity index (χ2n) is 3.67. The van der Waals surface area contributed by atoms with Crippen LogP contribution < -0.4 is 0 Å². The van der Waals surface area contributed by atoms with Crippen molar-refractivity contribution < 1.29 is 9.90 Å². The van der Waals surface area contributed by atoms with Crippen molar-refractivity contribution in [1.82, 2.24) is 0 Å². The van der Waals surface area contributed by atoms with E-state index in [1.54, 1.807) is 0 Å². The van der Waals surface area contributed by atoms with E-state index < -0.39 is 11.9 Å². The number of carboxylic acid groups (broad SMARTS) is 1. The third-order valence-corrected chi connectivity index (χ3v) is 2.57. The van der Waals surface area contributed by atoms with Crippen LogP contribution in [0.4, 0.5) is 0 Å². The minimum Gasteiger partial charge on any atom is -0.480 e. The molecule has 0 aromatic heterocycles. The molecule has 0 spiro atoms. The normalized spacial score (nSPS) is 14.4. The first-order chi connectivity index (χ1) is 6.65. The van der Waals surface area contributed by atoms with Crippen molar-refractivity contribution in [3.63, 3.8) is 0 Å². The molecule has 0 aliphatic rings. The summed E-state index contributed by atoms with van der Waals surface area (Å²) in [6, 6.07) is 1.84. The van der Waals surface area contributed by atoms with Crippen LogP contribution in [0.1, 0.15) is 46.0 Å². The molecule has 2 atom stereocenters. The number of carboxylic acids is 1. The molecular formula is C11H19NO2. The average molecular weight is 197 g/mol. The molecule has 0 amide bonds. The standard InChI is InChI=1S/C11H19NO2/c1-3-5-6-9(4-2)7-10(8-12)11(13)14/h9-10H,3-7H2,1-2H3,(H,13,14). The summed E-state index contributed by atoms with van der Waals surface area (Å²) in [6.07, 6.45) is 4.75. The van der Waals surface area contributed by atoms with E-state index in [1.807, 2.05) is 6.07 Å². The van der Waals surface area contributed by atoms with Gasteiger partial charge in [-0.15, -0.1) is 0 Å². The van der Waals surface area contributed by atoms with E-state index in [0.717, 1.165) is 25.7 Å². The van der Waals surface area contributed by atoms with Gasteiger partial charge in [0.25, 0.3) is 0 Å². The van der Waals surface area contributed by atoms with Crippen molar-refractivity contribution in [2.24, 2.45) is 11.8 Å². The van der Waals surface area contributed by atoms with Crippen LogP contribution in [-0.4, -0.2) is 11.1 Å². The summed E-state index contributed by atoms with van der Waals surface area (Å²) in [5.41, 5.74) is 0. The zero-order chi connectivity index (χ0) is 11.0. The van der Waals surface area contributed by atoms with Crippen LogP contribution in [0, 0.1) is 23.2 Å². The predicted octanol–water partition coefficient (Wildman–Crippen LogP) is 2.82. The Morgan fingerprint density at radius 2 is 2.14 bits per heavy atom. The molecule has 3 nitrogen and oxygen atoms in total. The summed E-state index contributed by atoms with van der Waals surface area (Å²) in [6.45, 7) is 4.17. The number of nitrogens with zero attached hydrogens (tertiary/aromatic N) is 1. The van der Waals surface area contributed by atoms with Crippen molar-refractivity contribution in [3.8, 4) is 6.07 Å². The lowest BCUT2D eigenvalue weighted by Crippen LogP contribution is -2.16. The Morgan fingerprint density at radius 1 is 1.50 bits per heavy atom. The van der Waals surface area contributed by atoms with Crippen molar-refractivity contribution >= 4 is 5.97 Å². The van der Waals surface area contributed by atoms with Gasteiger partial charge in [0.05, 0.1) is 6.07 Å². The van der Waals surface area contributed by atoms with Gasteiger partial charge in [-0.2, -0.15) is 5.26 Å². The first kappa shape index (κ1) is 13.0. The highest BCUT2D eigenvalue weighted by Gasteiger charge is 2.20. The summed E-state index contributed by atoms with van der Waals surface area (Å²) in [4.78, 5) is 10.6. The highest BCUT2D eigenvalue weighted by molar-refractivity contribution is 5.72. The van der Waals surface area contributed by atoms with E-state index in [-0.39, 0.29) is 0 Å². The second-order valence-corrected chi connectivity index (χ2v) is 3.67. The summed E-state index contributed by atoms with van der Waals surface area (Å²) in [7, 11) is 0. The van der Waals surface area contributed by atoms with E-state index in [4.69, 9.17) is 10.4 Å². The Morgan fingerprint density at radius 3 is 2.50 bits per heavy atom. The molecule has 0 fully saturated rings. The molecule has 0 rings (SSSR count). The van der Waals surface area contributed by atoms with Crippen LogP contribution in [0.15, 0.2) is 0 Å². The molecule has 3 heteroatoms. The first-order valence-electron chi connectivity index (χ1n) is 5.28. The molecule has 0 aromatic carbocycles. The second kappa shape index (κ2) is 7.37. The van der Waals surface area contributed by atoms with Crippen molar-refractivity contribution in [3.05, 3.63) is 0 Å². The average Bonchev–Trinajstić information content (AvgIpc) is 2.18. The Labute approximate surface area is 85.7 Å². The number of hydrogen-bond donors (Lipinski definition) is 1. The molecule has 0 radical (unpaired) electrons. The van der Waals surface area contributed by atoms with Crippen LogP contribution in [0.2, 0.25) is 0 Å². The van der Waals surface area contributed by atoms with E-state index >= 15 is 0 Å². The maximum atomic E-state index is 10.6. The topological polar surface area (TPSA) is 61.1 Å². The molecule has 0 aromatic rings. The van der Waals surface area contributed by atoms with Gasteiger partial charge in [0.2, 0.25) is 0 Å². The lowest BCUT2D eigenvalue weighted by molar-refractivity contribution is -0.140. The monoisotopic (exact) mass is 197 g/mol. The Kier molecular flexibility index (Phi) is 6.82. The number of aliphatic carboxylic acids is 1. The van der Waals surface area contributed by atoms with Crippen molar-refractivity contribution in [2.45, 2.75) is 46.0 Å². The molecule has 14 heavy (non-hydrogen) atoms. The fourth-order valence-corrected chi connectivity index (χ4v) is 1.52. The summed E-state index contributed by atoms with van der Waals surface area (Å²) < 4.78 is 0. The largest absolute Gasteiger partial charge is 0.480 e. The number of hydrogen-bond acceptors (Lipinski definition) is 2. The molecule has 0 saturated heterocycles. The minimum absolute atomic E-state index is 0.385. The molecule has 0 saturated carbocycles. The van der Waals surface area contributed by atoms with Gasteiger partial charge in [0.15, 0.2) is 0 Å². The molecular weight excluding hydrogens is 178 g/mol. The van der Waals surface area contributed by atoms with E-state index in [9.17, 15) is 4.79 Å². The van der Waals surface area contributed by atoms with Gasteiger partial charge >= 0.3 is 5.97 Å². The number of rotatable bonds is 7. The fraction of sp³-hybridized carbons (Fsp3) is 0.818. The van der Waals surface area contributed by atoms with Crippen LogP contribution in [0.25, 0.3) is 0 Å². The highest BCUT2D eigenvalue weighted by atomic mass is 16.4. The van der Waals surface area contributed by atoms with Gasteiger partial charge in [-0.3, -0.25) is 4.79 Å². The third-order valence-electron chi connectivity index (χ3n) is 2.57. The molecule has 0 bridgehead atoms. The fourth-order valence-electron chi connectivity index (χ4n) is 1.52. The van der Waals surface area contributed by atoms with Crippen LogP contribution in [0.3, 0.4) is 0 Å². The lowest BCUT2D eigenvalue weighted by Gasteiger charge is -2.15. The molecule has 1 N–H and O–H groups in total. The van der Waals surface area contributed by atoms with E-state index in [0.29, 0.717) is 12.3 Å². The van der Waals surface area contributed by atoms with E-state index in [2.05, 4.69) is 13.8 Å². The summed E-state index contributed by atoms with van der Waals surface area (Å²) in [5, 5.41) is 17.4. The summed E-state index contributed by atoms with van der Waals surface area (Å²) >= 11 is 0. The van der Waals surface area contributed by atoms with Gasteiger partial charge in [0.1, 0.15) is 5.92 Å². The van der Waals surface area contributed by atoms with Crippen molar-refractivity contribution in [2.75, 3.05) is 0 Å². The Hall–Kier alpha value is -1.04. The Bertz CT molecular complexity index is 208. The van der Waals surface area contributed by atoms with Gasteiger partial charge in [0, 0.05) is 0 Å². The quantitative estimate of drug-likeness (QED) is 0.682. The molecule has 0 heterocycles. The maximum absolute atomic E-state index is 10.6. The number of nitriles is 1. The third kappa shape index (κ3) is 4.86. The highest BCUT2D eigenvalue weighted by Crippen LogP contribution is 2.21. The zero-order valence-corrected chi connectivity index (χ0v) is 8.99. The number of unbranched alkanes of at least 4 members (excludes halogenated alkanes) is 1. The molecule has 2 unspecified atom stereocenters. The summed E-state index contributed by atoms with van der Waals surface area (Å²) in [5.74, 6) is -1.42. The smallest absolute Gasteiger partial charge is 0.320 e. The SMILES string of the molecule is CCCCC(CC)CC(C#N)C(=O)O. The van der Waals surface area contributed by atoms with Gasteiger partial charge < -0.3 is 5.11 Å². The lowest BCUT2D eigenvalue weighted by atomic mass is 9.89. The minimum atomic E-state index is -0.984. The van der Waals surface area contributed by atoms with Crippen LogP contribution in [0.5, 0.6) is 0 Å². The molecule has 80 valence electrons. The molecule has 0 aliphatic heterocycles. The van der Waals surface area contributed by atoms with Crippen LogP contribution in [-0.2, 0) is 4.79 Å².